The molecule has 1 aromatic rings. The molecule has 0 radical (unpaired) electrons. The quantitative estimate of drug-likeness (QED) is 0.717. The Morgan fingerprint density at radius 2 is 1.15 bits per heavy atom. The minimum absolute atomic E-state index is 0.138. The molecule has 2 heteroatoms. The van der Waals surface area contributed by atoms with Crippen LogP contribution in [0.25, 0.3) is 0 Å². The lowest BCUT2D eigenvalue weighted by Gasteiger charge is -2.14. The van der Waals surface area contributed by atoms with Gasteiger partial charge in [0.15, 0.2) is 0 Å². The van der Waals surface area contributed by atoms with Gasteiger partial charge in [-0.15, -0.1) is 0 Å². The average Bonchev–Trinajstić information content (AvgIpc) is 2.78. The fourth-order valence-corrected chi connectivity index (χ4v) is 2.59. The summed E-state index contributed by atoms with van der Waals surface area (Å²) in [6, 6.07) is 8.04. The number of benzene rings is 1. The lowest BCUT2D eigenvalue weighted by molar-refractivity contribution is -0.142. The zero-order chi connectivity index (χ0) is 16.3. The van der Waals surface area contributed by atoms with E-state index in [0.717, 1.165) is 0 Å². The maximum absolute atomic E-state index is 11.1. The number of hydrogen-bond donors (Lipinski definition) is 1. The predicted molar refractivity (Wildman–Crippen MR) is 88.4 cm³/mol. The van der Waals surface area contributed by atoms with Crippen LogP contribution in [-0.2, 0) is 4.79 Å². The molecule has 1 unspecified atom stereocenters. The predicted octanol–water partition coefficient (Wildman–Crippen LogP) is 5.69. The lowest BCUT2D eigenvalue weighted by atomic mass is 9.89. The number of carboxylic acid groups (broad SMARTS) is 1. The maximum Gasteiger partial charge on any atom is 0.307 e. The molecule has 0 aromatic heterocycles. The van der Waals surface area contributed by atoms with Crippen LogP contribution >= 0.6 is 0 Å². The van der Waals surface area contributed by atoms with Gasteiger partial charge in [-0.3, -0.25) is 4.79 Å². The summed E-state index contributed by atoms with van der Waals surface area (Å²) in [6.45, 7) is 16.0. The molecule has 3 atom stereocenters. The van der Waals surface area contributed by atoms with Crippen molar-refractivity contribution in [3.63, 3.8) is 0 Å². The molecule has 116 valence electrons. The van der Waals surface area contributed by atoms with Gasteiger partial charge in [0.05, 0.1) is 5.92 Å². The highest BCUT2D eigenvalue weighted by Gasteiger charge is 2.39. The third-order valence-electron chi connectivity index (χ3n) is 3.34. The number of carbonyl (C=O) groups is 1. The van der Waals surface area contributed by atoms with Crippen LogP contribution < -0.4 is 0 Å². The van der Waals surface area contributed by atoms with Crippen LogP contribution in [0.4, 0.5) is 0 Å². The highest BCUT2D eigenvalue weighted by atomic mass is 16.4. The van der Waals surface area contributed by atoms with Gasteiger partial charge >= 0.3 is 5.97 Å². The van der Waals surface area contributed by atoms with Gasteiger partial charge in [-0.2, -0.15) is 0 Å². The third-order valence-corrected chi connectivity index (χ3v) is 3.34. The van der Waals surface area contributed by atoms with Crippen LogP contribution in [0.5, 0.6) is 0 Å². The topological polar surface area (TPSA) is 37.3 Å². The molecule has 0 heterocycles. The number of hydrogen-bond acceptors (Lipinski definition) is 1. The standard InChI is InChI=1S/C12H14O2.3C2H6/c1-7-9-5-3-4-6-10(9)8(2)11(7)12(13)14;3*1-2/h3-8,11H,1-2H3,(H,13,14);3*1-2H3/t7-,8+,11?;;;. The summed E-state index contributed by atoms with van der Waals surface area (Å²) in [4.78, 5) is 11.1. The fraction of sp³-hybridized carbons (Fsp3) is 0.611. The second-order valence-electron chi connectivity index (χ2n) is 4.07. The average molecular weight is 280 g/mol. The molecule has 2 nitrogen and oxygen atoms in total. The van der Waals surface area contributed by atoms with E-state index in [1.165, 1.54) is 11.1 Å². The lowest BCUT2D eigenvalue weighted by Crippen LogP contribution is -2.19. The van der Waals surface area contributed by atoms with E-state index >= 15 is 0 Å². The van der Waals surface area contributed by atoms with Crippen LogP contribution in [0, 0.1) is 5.92 Å². The first-order chi connectivity index (χ1) is 9.63. The Bertz CT molecular complexity index is 342. The fourth-order valence-electron chi connectivity index (χ4n) is 2.59. The van der Waals surface area contributed by atoms with Crippen molar-refractivity contribution in [2.75, 3.05) is 0 Å². The van der Waals surface area contributed by atoms with Crippen LogP contribution in [-0.4, -0.2) is 11.1 Å². The van der Waals surface area contributed by atoms with Crippen molar-refractivity contribution in [1.82, 2.24) is 0 Å². The molecule has 1 aromatic carbocycles. The van der Waals surface area contributed by atoms with E-state index in [9.17, 15) is 4.79 Å². The van der Waals surface area contributed by atoms with Gasteiger partial charge in [0.1, 0.15) is 0 Å². The van der Waals surface area contributed by atoms with Gasteiger partial charge in [-0.05, 0) is 23.0 Å². The first kappa shape index (κ1) is 21.0. The molecule has 1 aliphatic carbocycles. The SMILES string of the molecule is CC.CC.CC.C[C@@H]1c2ccccc2[C@H](C)C1C(=O)O. The minimum Gasteiger partial charge on any atom is -0.481 e. The Hall–Kier alpha value is -1.31. The molecular formula is C18H32O2. The molecule has 0 saturated heterocycles. The normalized spacial score (nSPS) is 21.9. The molecule has 0 bridgehead atoms. The van der Waals surface area contributed by atoms with Gasteiger partial charge in [0.2, 0.25) is 0 Å². The summed E-state index contributed by atoms with van der Waals surface area (Å²) in [5.74, 6) is -0.661. The third kappa shape index (κ3) is 4.66. The Kier molecular flexibility index (Phi) is 12.1. The molecule has 20 heavy (non-hydrogen) atoms. The van der Waals surface area contributed by atoms with Crippen molar-refractivity contribution in [3.05, 3.63) is 35.4 Å². The smallest absolute Gasteiger partial charge is 0.307 e. The second-order valence-corrected chi connectivity index (χ2v) is 4.07. The highest BCUT2D eigenvalue weighted by molar-refractivity contribution is 5.74. The maximum atomic E-state index is 11.1. The monoisotopic (exact) mass is 280 g/mol. The van der Waals surface area contributed by atoms with Crippen LogP contribution in [0.15, 0.2) is 24.3 Å². The van der Waals surface area contributed by atoms with E-state index in [1.54, 1.807) is 0 Å². The molecule has 0 amide bonds. The number of fused-ring (bicyclic) bond motifs is 1. The summed E-state index contributed by atoms with van der Waals surface area (Å²) in [7, 11) is 0. The van der Waals surface area contributed by atoms with Crippen molar-refractivity contribution in [3.8, 4) is 0 Å². The summed E-state index contributed by atoms with van der Waals surface area (Å²) < 4.78 is 0. The number of carboxylic acids is 1. The van der Waals surface area contributed by atoms with E-state index in [-0.39, 0.29) is 17.8 Å². The molecule has 0 aliphatic heterocycles. The Morgan fingerprint density at radius 3 is 1.40 bits per heavy atom. The summed E-state index contributed by atoms with van der Waals surface area (Å²) in [5.41, 5.74) is 2.40. The zero-order valence-corrected chi connectivity index (χ0v) is 14.4. The number of aliphatic carboxylic acids is 1. The first-order valence-corrected chi connectivity index (χ1v) is 7.94. The van der Waals surface area contributed by atoms with Crippen molar-refractivity contribution < 1.29 is 9.90 Å². The molecule has 2 rings (SSSR count). The number of rotatable bonds is 1. The molecule has 0 spiro atoms. The Morgan fingerprint density at radius 1 is 0.850 bits per heavy atom. The Labute approximate surface area is 125 Å². The van der Waals surface area contributed by atoms with Crippen LogP contribution in [0.3, 0.4) is 0 Å². The Balaban J connectivity index is 0. The van der Waals surface area contributed by atoms with E-state index < -0.39 is 5.97 Å². The van der Waals surface area contributed by atoms with E-state index in [2.05, 4.69) is 0 Å². The largest absolute Gasteiger partial charge is 0.481 e. The second kappa shape index (κ2) is 11.5. The van der Waals surface area contributed by atoms with Gasteiger partial charge in [-0.25, -0.2) is 0 Å². The molecule has 0 saturated carbocycles. The molecule has 0 fully saturated rings. The molecule has 1 aliphatic rings. The molecule has 1 N–H and O–H groups in total. The van der Waals surface area contributed by atoms with Crippen molar-refractivity contribution in [2.45, 2.75) is 67.2 Å². The van der Waals surface area contributed by atoms with Crippen molar-refractivity contribution in [1.29, 1.82) is 0 Å². The first-order valence-electron chi connectivity index (χ1n) is 7.94. The highest BCUT2D eigenvalue weighted by Crippen LogP contribution is 2.45. The van der Waals surface area contributed by atoms with E-state index in [4.69, 9.17) is 5.11 Å². The van der Waals surface area contributed by atoms with Gasteiger partial charge < -0.3 is 5.11 Å². The van der Waals surface area contributed by atoms with Crippen LogP contribution in [0.2, 0.25) is 0 Å². The van der Waals surface area contributed by atoms with Crippen LogP contribution in [0.1, 0.15) is 78.4 Å². The van der Waals surface area contributed by atoms with Gasteiger partial charge in [0, 0.05) is 0 Å². The van der Waals surface area contributed by atoms with Crippen molar-refractivity contribution >= 4 is 5.97 Å². The van der Waals surface area contributed by atoms with E-state index in [0.29, 0.717) is 0 Å². The molecular weight excluding hydrogens is 248 g/mol. The van der Waals surface area contributed by atoms with Gasteiger partial charge in [0.25, 0.3) is 0 Å². The van der Waals surface area contributed by atoms with E-state index in [1.807, 2.05) is 79.7 Å². The van der Waals surface area contributed by atoms with Crippen molar-refractivity contribution in [2.24, 2.45) is 5.92 Å². The summed E-state index contributed by atoms with van der Waals surface area (Å²) in [6.07, 6.45) is 0. The van der Waals surface area contributed by atoms with Gasteiger partial charge in [-0.1, -0.05) is 79.7 Å². The summed E-state index contributed by atoms with van der Waals surface area (Å²) >= 11 is 0. The summed E-state index contributed by atoms with van der Waals surface area (Å²) in [5, 5.41) is 9.13. The zero-order valence-electron chi connectivity index (χ0n) is 14.4. The minimum atomic E-state index is -0.679.